The van der Waals surface area contributed by atoms with Crippen molar-refractivity contribution in [2.24, 2.45) is 0 Å². The minimum absolute atomic E-state index is 0.0207. The van der Waals surface area contributed by atoms with Gasteiger partial charge in [0.2, 0.25) is 0 Å². The quantitative estimate of drug-likeness (QED) is 0.235. The molecule has 1 N–H and O–H groups in total. The molecule has 0 aliphatic heterocycles. The molecule has 0 unspecified atom stereocenters. The molecule has 0 radical (unpaired) electrons. The molecule has 1 amide bonds. The number of anilines is 1. The molecule has 176 valence electrons. The molecule has 0 aliphatic carbocycles. The van der Waals surface area contributed by atoms with E-state index in [4.69, 9.17) is 32.2 Å². The fourth-order valence-electron chi connectivity index (χ4n) is 3.08. The highest BCUT2D eigenvalue weighted by Gasteiger charge is 2.14. The van der Waals surface area contributed by atoms with Gasteiger partial charge >= 0.3 is 0 Å². The molecule has 0 spiro atoms. The van der Waals surface area contributed by atoms with Gasteiger partial charge in [0.1, 0.15) is 30.6 Å². The van der Waals surface area contributed by atoms with Crippen LogP contribution in [0.5, 0.6) is 17.2 Å². The fraction of sp³-hybridized carbons (Fsp3) is 0.143. The van der Waals surface area contributed by atoms with E-state index in [-0.39, 0.29) is 23.0 Å². The normalized spacial score (nSPS) is 10.6. The second-order valence-corrected chi connectivity index (χ2v) is 7.86. The van der Waals surface area contributed by atoms with Crippen molar-refractivity contribution < 1.29 is 19.0 Å². The summed E-state index contributed by atoms with van der Waals surface area (Å²) in [7, 11) is 1.45. The van der Waals surface area contributed by atoms with Crippen LogP contribution in [-0.4, -0.2) is 19.6 Å². The maximum atomic E-state index is 12.7. The molecule has 0 saturated heterocycles. The van der Waals surface area contributed by atoms with Gasteiger partial charge in [0, 0.05) is 5.69 Å². The minimum Gasteiger partial charge on any atom is -0.493 e. The Morgan fingerprint density at radius 2 is 1.83 bits per heavy atom. The van der Waals surface area contributed by atoms with Crippen LogP contribution >= 0.6 is 11.6 Å². The summed E-state index contributed by atoms with van der Waals surface area (Å²) in [6.45, 7) is 2.49. The summed E-state index contributed by atoms with van der Waals surface area (Å²) in [6, 6.07) is 20.1. The number of hydrogen-bond acceptors (Lipinski definition) is 5. The molecule has 0 fully saturated rings. The van der Waals surface area contributed by atoms with Crippen LogP contribution in [0.2, 0.25) is 5.02 Å². The van der Waals surface area contributed by atoms with Gasteiger partial charge in [-0.25, -0.2) is 0 Å². The molecule has 0 atom stereocenters. The van der Waals surface area contributed by atoms with Crippen LogP contribution in [0.1, 0.15) is 16.7 Å². The Labute approximate surface area is 209 Å². The Morgan fingerprint density at radius 1 is 1.11 bits per heavy atom. The number of halogens is 1. The van der Waals surface area contributed by atoms with Crippen LogP contribution < -0.4 is 19.5 Å². The van der Waals surface area contributed by atoms with Crippen molar-refractivity contribution in [2.75, 3.05) is 19.0 Å². The highest BCUT2D eigenvalue weighted by molar-refractivity contribution is 6.32. The van der Waals surface area contributed by atoms with Gasteiger partial charge in [-0.3, -0.25) is 4.79 Å². The van der Waals surface area contributed by atoms with Crippen molar-refractivity contribution in [3.8, 4) is 35.7 Å². The number of hydrogen-bond donors (Lipinski definition) is 1. The zero-order chi connectivity index (χ0) is 25.2. The van der Waals surface area contributed by atoms with Crippen molar-refractivity contribution >= 4 is 29.3 Å². The third-order valence-corrected chi connectivity index (χ3v) is 5.15. The summed E-state index contributed by atoms with van der Waals surface area (Å²) in [4.78, 5) is 12.7. The molecule has 3 aromatic rings. The van der Waals surface area contributed by atoms with E-state index in [1.807, 2.05) is 37.3 Å². The first-order valence-electron chi connectivity index (χ1n) is 10.6. The van der Waals surface area contributed by atoms with Crippen molar-refractivity contribution in [3.05, 3.63) is 87.9 Å². The summed E-state index contributed by atoms with van der Waals surface area (Å²) in [5, 5.41) is 12.5. The molecule has 35 heavy (non-hydrogen) atoms. The standard InChI is InChI=1S/C28H23ClN2O4/c1-4-13-34-27-25(29)15-21(16-26(27)33-3)14-22(17-30)28(32)31-23-9-11-24(12-10-23)35-18-20-7-5-19(2)6-8-20/h1,5-12,14-16H,13,18H2,2-3H3,(H,31,32)/b22-14+. The third kappa shape index (κ3) is 7.04. The number of nitrogens with one attached hydrogen (secondary N) is 1. The number of benzene rings is 3. The molecular formula is C28H23ClN2O4. The average molecular weight is 487 g/mol. The topological polar surface area (TPSA) is 80.6 Å². The van der Waals surface area contributed by atoms with E-state index in [1.165, 1.54) is 18.7 Å². The zero-order valence-electron chi connectivity index (χ0n) is 19.3. The van der Waals surface area contributed by atoms with E-state index in [1.54, 1.807) is 36.4 Å². The maximum absolute atomic E-state index is 12.7. The molecule has 6 nitrogen and oxygen atoms in total. The van der Waals surface area contributed by atoms with Crippen molar-refractivity contribution in [1.82, 2.24) is 0 Å². The van der Waals surface area contributed by atoms with Crippen LogP contribution in [0.25, 0.3) is 6.08 Å². The molecule has 0 bridgehead atoms. The van der Waals surface area contributed by atoms with Gasteiger partial charge in [-0.2, -0.15) is 5.26 Å². The van der Waals surface area contributed by atoms with Gasteiger partial charge in [0.25, 0.3) is 5.91 Å². The Hall–Kier alpha value is -4.39. The first-order valence-corrected chi connectivity index (χ1v) is 11.0. The first-order chi connectivity index (χ1) is 16.9. The van der Waals surface area contributed by atoms with Gasteiger partial charge in [-0.1, -0.05) is 47.4 Å². The zero-order valence-corrected chi connectivity index (χ0v) is 20.1. The lowest BCUT2D eigenvalue weighted by Crippen LogP contribution is -2.13. The number of carbonyl (C=O) groups excluding carboxylic acids is 1. The predicted octanol–water partition coefficient (Wildman–Crippen LogP) is 5.79. The van der Waals surface area contributed by atoms with Crippen molar-refractivity contribution in [1.29, 1.82) is 5.26 Å². The van der Waals surface area contributed by atoms with E-state index in [0.717, 1.165) is 5.56 Å². The molecule has 0 saturated carbocycles. The third-order valence-electron chi connectivity index (χ3n) is 4.87. The summed E-state index contributed by atoms with van der Waals surface area (Å²) in [5.41, 5.74) is 3.15. The van der Waals surface area contributed by atoms with Crippen LogP contribution in [0, 0.1) is 30.6 Å². The number of ether oxygens (including phenoxy) is 3. The highest BCUT2D eigenvalue weighted by atomic mass is 35.5. The van der Waals surface area contributed by atoms with Crippen molar-refractivity contribution in [2.45, 2.75) is 13.5 Å². The average Bonchev–Trinajstić information content (AvgIpc) is 2.86. The SMILES string of the molecule is C#CCOc1c(Cl)cc(/C=C(\C#N)C(=O)Nc2ccc(OCc3ccc(C)cc3)cc2)cc1OC. The van der Waals surface area contributed by atoms with Gasteiger partial charge in [0.05, 0.1) is 12.1 Å². The van der Waals surface area contributed by atoms with E-state index in [2.05, 4.69) is 11.2 Å². The summed E-state index contributed by atoms with van der Waals surface area (Å²) >= 11 is 6.27. The molecule has 0 aromatic heterocycles. The number of nitriles is 1. The Kier molecular flexibility index (Phi) is 8.78. The van der Waals surface area contributed by atoms with E-state index in [0.29, 0.717) is 29.4 Å². The molecular weight excluding hydrogens is 464 g/mol. The Morgan fingerprint density at radius 3 is 2.46 bits per heavy atom. The number of nitrogens with zero attached hydrogens (tertiary/aromatic N) is 1. The number of amides is 1. The van der Waals surface area contributed by atoms with E-state index in [9.17, 15) is 10.1 Å². The first kappa shape index (κ1) is 25.2. The van der Waals surface area contributed by atoms with E-state index < -0.39 is 5.91 Å². The summed E-state index contributed by atoms with van der Waals surface area (Å²) in [5.74, 6) is 3.07. The lowest BCUT2D eigenvalue weighted by Gasteiger charge is -2.12. The number of rotatable bonds is 9. The second kappa shape index (κ2) is 12.2. The second-order valence-electron chi connectivity index (χ2n) is 7.45. The van der Waals surface area contributed by atoms with Crippen LogP contribution in [0.15, 0.2) is 66.2 Å². The van der Waals surface area contributed by atoms with Crippen LogP contribution in [-0.2, 0) is 11.4 Å². The molecule has 0 aliphatic rings. The molecule has 3 rings (SSSR count). The Balaban J connectivity index is 1.68. The molecule has 0 heterocycles. The number of carbonyl (C=O) groups is 1. The monoisotopic (exact) mass is 486 g/mol. The Bertz CT molecular complexity index is 1300. The lowest BCUT2D eigenvalue weighted by molar-refractivity contribution is -0.112. The summed E-state index contributed by atoms with van der Waals surface area (Å²) < 4.78 is 16.5. The van der Waals surface area contributed by atoms with Crippen molar-refractivity contribution in [3.63, 3.8) is 0 Å². The van der Waals surface area contributed by atoms with Crippen LogP contribution in [0.3, 0.4) is 0 Å². The highest BCUT2D eigenvalue weighted by Crippen LogP contribution is 2.37. The predicted molar refractivity (Wildman–Crippen MR) is 137 cm³/mol. The van der Waals surface area contributed by atoms with Crippen LogP contribution in [0.4, 0.5) is 5.69 Å². The largest absolute Gasteiger partial charge is 0.493 e. The van der Waals surface area contributed by atoms with Gasteiger partial charge in [-0.15, -0.1) is 6.42 Å². The van der Waals surface area contributed by atoms with Gasteiger partial charge < -0.3 is 19.5 Å². The number of terminal acetylenes is 1. The molecule has 3 aromatic carbocycles. The fourth-order valence-corrected chi connectivity index (χ4v) is 3.35. The smallest absolute Gasteiger partial charge is 0.266 e. The maximum Gasteiger partial charge on any atom is 0.266 e. The number of methoxy groups -OCH3 is 1. The summed E-state index contributed by atoms with van der Waals surface area (Å²) in [6.07, 6.45) is 6.63. The van der Waals surface area contributed by atoms with E-state index >= 15 is 0 Å². The molecule has 7 heteroatoms. The van der Waals surface area contributed by atoms with Gasteiger partial charge in [0.15, 0.2) is 11.5 Å². The van der Waals surface area contributed by atoms with Gasteiger partial charge in [-0.05, 0) is 60.5 Å². The minimum atomic E-state index is -0.566. The number of aryl methyl sites for hydroxylation is 1. The lowest BCUT2D eigenvalue weighted by atomic mass is 10.1.